The van der Waals surface area contributed by atoms with Crippen LogP contribution >= 0.6 is 11.3 Å². The number of pyridine rings is 1. The van der Waals surface area contributed by atoms with Crippen molar-refractivity contribution in [3.8, 4) is 50.7 Å². The van der Waals surface area contributed by atoms with E-state index in [1.165, 1.54) is 36.9 Å². The number of rotatable bonds is 8. The zero-order chi connectivity index (χ0) is 64.8. The molecule has 0 radical (unpaired) electrons. The number of hydrogen-bond acceptors (Lipinski definition) is 5. The van der Waals surface area contributed by atoms with Crippen molar-refractivity contribution in [3.05, 3.63) is 235 Å². The third kappa shape index (κ3) is 10.9. The number of hydrogen-bond donors (Lipinski definition) is 0. The standard InChI is InChI=1S/C80H77N4OS.Pt/c1-76(2,3)53-39-40-81-71(46-53)84-68-38-37-62-61-27-19-22-34-70(61)86-75(62)73(68)63-36-35-57(48-69(63)84)85-58-44-52(72-64(79(10,11)12)30-24-31-65(72)80(13,14)15)43-56(47-58)82-49-83(67-33-21-20-32-66(67)82)74-59(50-25-17-16-18-26-50)28-23-29-60(74)51-41-54(77(4,5)6)45-55(42-51)78(7,8)9;/h16-46,49H,1-15H3;/q-3;/i16D,17D,18D,25D,26D;. The first-order valence-electron chi connectivity index (χ1n) is 32.4. The van der Waals surface area contributed by atoms with Gasteiger partial charge < -0.3 is 19.1 Å². The number of fused-ring (bicyclic) bond motifs is 8. The third-order valence-corrected chi connectivity index (χ3v) is 18.1. The molecule has 1 aliphatic rings. The summed E-state index contributed by atoms with van der Waals surface area (Å²) in [7, 11) is 0. The van der Waals surface area contributed by atoms with Crippen molar-refractivity contribution in [2.24, 2.45) is 0 Å². The van der Waals surface area contributed by atoms with Crippen LogP contribution in [0.3, 0.4) is 0 Å². The van der Waals surface area contributed by atoms with Gasteiger partial charge in [0.05, 0.1) is 6.85 Å². The van der Waals surface area contributed by atoms with Gasteiger partial charge in [-0.05, 0) is 113 Å². The molecule has 5 nitrogen and oxygen atoms in total. The number of benzene rings is 9. The molecule has 12 aromatic rings. The van der Waals surface area contributed by atoms with Crippen LogP contribution in [0.2, 0.25) is 0 Å². The SMILES string of the molecule is [2H]c1c([2H])c([2H])c(-c2cccc(-c3cc(C(C)(C)C)cc(C(C)(C)C)c3)c2N2[CH-]N(c3[c-]c(Oc4[c-]c5c(cc4)c4c6sc7ccccc7c6ccc4n5-c4cc(C(C)(C)C)ccn4)cc(-c4c(C(C)(C)C)cccc4C(C)(C)C)c3)c3ccccc32)c([2H])c1[2H].[Pt]. The first-order chi connectivity index (χ1) is 42.9. The molecule has 0 fully saturated rings. The fourth-order valence-electron chi connectivity index (χ4n) is 12.3. The predicted molar refractivity (Wildman–Crippen MR) is 367 cm³/mol. The molecule has 0 bridgehead atoms. The maximum Gasteiger partial charge on any atom is 0.135 e. The van der Waals surface area contributed by atoms with E-state index >= 15 is 0 Å². The molecule has 1 aliphatic heterocycles. The molecule has 0 saturated heterocycles. The largest absolute Gasteiger partial charge is 0.509 e. The summed E-state index contributed by atoms with van der Waals surface area (Å²) in [5.41, 5.74) is 14.1. The van der Waals surface area contributed by atoms with E-state index in [-0.39, 0.29) is 65.8 Å². The van der Waals surface area contributed by atoms with Crippen LogP contribution in [0.5, 0.6) is 11.5 Å². The normalized spacial score (nSPS) is 14.1. The number of nitrogens with zero attached hydrogens (tertiary/aromatic N) is 4. The summed E-state index contributed by atoms with van der Waals surface area (Å²) < 4.78 is 57.6. The predicted octanol–water partition coefficient (Wildman–Crippen LogP) is 22.8. The van der Waals surface area contributed by atoms with Crippen molar-refractivity contribution < 1.29 is 32.7 Å². The molecule has 0 spiro atoms. The molecule has 13 rings (SSSR count). The Morgan fingerprint density at radius 1 is 0.506 bits per heavy atom. The van der Waals surface area contributed by atoms with Crippen molar-refractivity contribution in [2.75, 3.05) is 9.80 Å². The summed E-state index contributed by atoms with van der Waals surface area (Å²) in [5.74, 6) is 1.78. The van der Waals surface area contributed by atoms with E-state index in [1.807, 2.05) is 47.9 Å². The Labute approximate surface area is 541 Å². The van der Waals surface area contributed by atoms with Gasteiger partial charge >= 0.3 is 0 Å². The second-order valence-corrected chi connectivity index (χ2v) is 29.4. The molecule has 4 heterocycles. The summed E-state index contributed by atoms with van der Waals surface area (Å²) in [5, 5.41) is 4.63. The molecule has 9 aromatic carbocycles. The van der Waals surface area contributed by atoms with Gasteiger partial charge in [-0.3, -0.25) is 0 Å². The third-order valence-electron chi connectivity index (χ3n) is 16.9. The van der Waals surface area contributed by atoms with E-state index in [4.69, 9.17) is 13.8 Å². The van der Waals surface area contributed by atoms with Gasteiger partial charge in [-0.15, -0.1) is 65.0 Å². The fraction of sp³-hybridized carbons (Fsp3) is 0.250. The first-order valence-corrected chi connectivity index (χ1v) is 30.7. The van der Waals surface area contributed by atoms with E-state index in [0.29, 0.717) is 28.4 Å². The summed E-state index contributed by atoms with van der Waals surface area (Å²) in [6, 6.07) is 59.4. The molecular formula is C80H77N4OPtS-3. The van der Waals surface area contributed by atoms with Crippen LogP contribution in [-0.4, -0.2) is 9.55 Å². The van der Waals surface area contributed by atoms with Crippen LogP contribution in [0, 0.1) is 18.8 Å². The van der Waals surface area contributed by atoms with Gasteiger partial charge in [0, 0.05) is 92.6 Å². The van der Waals surface area contributed by atoms with Crippen molar-refractivity contribution in [2.45, 2.75) is 131 Å². The zero-order valence-electron chi connectivity index (χ0n) is 57.5. The van der Waals surface area contributed by atoms with Gasteiger partial charge in [-0.2, -0.15) is 6.07 Å². The quantitative estimate of drug-likeness (QED) is 0.142. The van der Waals surface area contributed by atoms with Gasteiger partial charge in [0.25, 0.3) is 0 Å². The van der Waals surface area contributed by atoms with Crippen LogP contribution in [0.15, 0.2) is 188 Å². The van der Waals surface area contributed by atoms with Crippen LogP contribution in [0.4, 0.5) is 22.7 Å². The van der Waals surface area contributed by atoms with Crippen LogP contribution in [0.25, 0.3) is 81.2 Å². The minimum absolute atomic E-state index is 0. The molecule has 0 aliphatic carbocycles. The summed E-state index contributed by atoms with van der Waals surface area (Å²) in [4.78, 5) is 9.34. The molecular weight excluding hydrogens is 1260 g/mol. The Morgan fingerprint density at radius 2 is 1.11 bits per heavy atom. The number of anilines is 4. The van der Waals surface area contributed by atoms with E-state index in [0.717, 1.165) is 72.4 Å². The fourth-order valence-corrected chi connectivity index (χ4v) is 13.6. The van der Waals surface area contributed by atoms with Gasteiger partial charge in [0.1, 0.15) is 5.82 Å². The summed E-state index contributed by atoms with van der Waals surface area (Å²) in [6.45, 7) is 35.7. The summed E-state index contributed by atoms with van der Waals surface area (Å²) in [6.07, 6.45) is 1.91. The Kier molecular flexibility index (Phi) is 13.4. The van der Waals surface area contributed by atoms with E-state index in [9.17, 15) is 2.74 Å². The van der Waals surface area contributed by atoms with Crippen LogP contribution < -0.4 is 14.5 Å². The Balaban J connectivity index is 0.00000816. The average Bonchev–Trinajstić information content (AvgIpc) is 1.52. The number of aromatic nitrogens is 2. The second-order valence-electron chi connectivity index (χ2n) is 28.3. The second kappa shape index (κ2) is 21.8. The molecule has 0 amide bonds. The topological polar surface area (TPSA) is 33.5 Å². The molecule has 0 atom stereocenters. The minimum Gasteiger partial charge on any atom is -0.509 e. The van der Waals surface area contributed by atoms with E-state index < -0.39 is 18.1 Å². The van der Waals surface area contributed by atoms with Crippen LogP contribution in [-0.2, 0) is 48.1 Å². The number of para-hydroxylation sites is 3. The average molecular weight is 1340 g/mol. The van der Waals surface area contributed by atoms with Crippen molar-refractivity contribution in [1.82, 2.24) is 9.55 Å². The minimum atomic E-state index is -0.444. The molecule has 7 heteroatoms. The molecule has 87 heavy (non-hydrogen) atoms. The van der Waals surface area contributed by atoms with Gasteiger partial charge in [0.2, 0.25) is 0 Å². The molecule has 442 valence electrons. The summed E-state index contributed by atoms with van der Waals surface area (Å²) >= 11 is 1.81. The van der Waals surface area contributed by atoms with Crippen molar-refractivity contribution in [3.63, 3.8) is 0 Å². The Bertz CT molecular complexity index is 4860. The molecule has 3 aromatic heterocycles. The molecule has 0 saturated carbocycles. The zero-order valence-corrected chi connectivity index (χ0v) is 55.6. The molecule has 0 unspecified atom stereocenters. The maximum absolute atomic E-state index is 9.48. The van der Waals surface area contributed by atoms with E-state index in [1.54, 1.807) is 0 Å². The number of ether oxygens (including phenoxy) is 1. The first kappa shape index (κ1) is 53.5. The smallest absolute Gasteiger partial charge is 0.135 e. The van der Waals surface area contributed by atoms with Crippen LogP contribution in [0.1, 0.15) is 139 Å². The van der Waals surface area contributed by atoms with E-state index in [2.05, 4.69) is 258 Å². The van der Waals surface area contributed by atoms with Gasteiger partial charge in [-0.1, -0.05) is 231 Å². The molecule has 0 N–H and O–H groups in total. The monoisotopic (exact) mass is 1340 g/mol. The Morgan fingerprint density at radius 3 is 1.77 bits per heavy atom. The van der Waals surface area contributed by atoms with Crippen molar-refractivity contribution >= 4 is 76.1 Å². The van der Waals surface area contributed by atoms with Crippen molar-refractivity contribution in [1.29, 1.82) is 0 Å². The maximum atomic E-state index is 9.48. The van der Waals surface area contributed by atoms with Gasteiger partial charge in [-0.25, -0.2) is 4.98 Å². The van der Waals surface area contributed by atoms with Gasteiger partial charge in [0.15, 0.2) is 0 Å². The number of thiophene rings is 1. The Hall–Kier alpha value is -7.76.